The van der Waals surface area contributed by atoms with Crippen molar-refractivity contribution in [2.45, 2.75) is 56.5 Å². The molecule has 1 aromatic rings. The van der Waals surface area contributed by atoms with Gasteiger partial charge in [0.25, 0.3) is 0 Å². The number of benzene rings is 1. The summed E-state index contributed by atoms with van der Waals surface area (Å²) in [5, 5.41) is 5.25. The molecule has 29 heavy (non-hydrogen) atoms. The number of urea groups is 1. The van der Waals surface area contributed by atoms with Gasteiger partial charge in [-0.3, -0.25) is 15.0 Å². The minimum atomic E-state index is -3.54. The Morgan fingerprint density at radius 3 is 2.21 bits per heavy atom. The van der Waals surface area contributed by atoms with Crippen LogP contribution in [-0.2, 0) is 14.8 Å². The van der Waals surface area contributed by atoms with Gasteiger partial charge in [-0.25, -0.2) is 13.2 Å². The van der Waals surface area contributed by atoms with Crippen LogP contribution in [0.4, 0.5) is 4.79 Å². The van der Waals surface area contributed by atoms with Gasteiger partial charge >= 0.3 is 6.03 Å². The van der Waals surface area contributed by atoms with E-state index in [0.717, 1.165) is 31.2 Å². The topological polar surface area (TPSA) is 98.8 Å². The van der Waals surface area contributed by atoms with Crippen LogP contribution >= 0.6 is 0 Å². The summed E-state index contributed by atoms with van der Waals surface area (Å²) in [6.45, 7) is 5.13. The highest BCUT2D eigenvalue weighted by Crippen LogP contribution is 2.19. The monoisotopic (exact) mass is 422 g/mol. The fourth-order valence-electron chi connectivity index (χ4n) is 3.86. The minimum Gasteiger partial charge on any atom is -0.335 e. The number of aryl methyl sites for hydroxylation is 1. The van der Waals surface area contributed by atoms with Crippen LogP contribution in [0.15, 0.2) is 29.2 Å². The van der Waals surface area contributed by atoms with E-state index < -0.39 is 22.1 Å². The first-order chi connectivity index (χ1) is 13.8. The Balaban J connectivity index is 1.50. The lowest BCUT2D eigenvalue weighted by Gasteiger charge is -2.36. The average molecular weight is 423 g/mol. The van der Waals surface area contributed by atoms with Gasteiger partial charge in [0.05, 0.1) is 10.9 Å². The molecule has 0 unspecified atom stereocenters. The second-order valence-corrected chi connectivity index (χ2v) is 9.81. The van der Waals surface area contributed by atoms with E-state index in [1.807, 2.05) is 11.8 Å². The Labute approximate surface area is 172 Å². The molecule has 2 N–H and O–H groups in total. The molecule has 2 fully saturated rings. The highest BCUT2D eigenvalue weighted by molar-refractivity contribution is 7.89. The second-order valence-electron chi connectivity index (χ2n) is 7.87. The van der Waals surface area contributed by atoms with E-state index in [0.29, 0.717) is 26.2 Å². The molecule has 3 rings (SSSR count). The zero-order valence-electron chi connectivity index (χ0n) is 17.1. The highest BCUT2D eigenvalue weighted by Gasteiger charge is 2.32. The van der Waals surface area contributed by atoms with Gasteiger partial charge < -0.3 is 5.32 Å². The van der Waals surface area contributed by atoms with E-state index in [1.54, 1.807) is 31.2 Å². The zero-order chi connectivity index (χ0) is 21.0. The van der Waals surface area contributed by atoms with Gasteiger partial charge in [0.15, 0.2) is 0 Å². The maximum atomic E-state index is 12.8. The van der Waals surface area contributed by atoms with E-state index >= 15 is 0 Å². The summed E-state index contributed by atoms with van der Waals surface area (Å²) in [5.41, 5.74) is 1.01. The predicted octanol–water partition coefficient (Wildman–Crippen LogP) is 1.46. The van der Waals surface area contributed by atoms with Crippen molar-refractivity contribution in [3.63, 3.8) is 0 Å². The first-order valence-corrected chi connectivity index (χ1v) is 11.6. The number of nitrogens with one attached hydrogen (secondary N) is 2. The molecule has 1 atom stereocenters. The van der Waals surface area contributed by atoms with Crippen molar-refractivity contribution < 1.29 is 18.0 Å². The Morgan fingerprint density at radius 1 is 1.03 bits per heavy atom. The molecule has 1 saturated heterocycles. The van der Waals surface area contributed by atoms with Crippen LogP contribution in [0, 0.1) is 6.92 Å². The number of carbonyl (C=O) groups is 2. The van der Waals surface area contributed by atoms with Crippen LogP contribution in [0.1, 0.15) is 38.2 Å². The molecule has 0 radical (unpaired) electrons. The van der Waals surface area contributed by atoms with Crippen molar-refractivity contribution in [3.8, 4) is 0 Å². The molecule has 1 aromatic carbocycles. The molecule has 0 bridgehead atoms. The summed E-state index contributed by atoms with van der Waals surface area (Å²) < 4.78 is 27.0. The number of imide groups is 1. The van der Waals surface area contributed by atoms with E-state index in [9.17, 15) is 18.0 Å². The number of hydrogen-bond acceptors (Lipinski definition) is 5. The number of piperazine rings is 1. The Morgan fingerprint density at radius 2 is 1.62 bits per heavy atom. The van der Waals surface area contributed by atoms with E-state index in [4.69, 9.17) is 0 Å². The maximum absolute atomic E-state index is 12.8. The molecular formula is C20H30N4O4S. The SMILES string of the molecule is Cc1ccc(S(=O)(=O)N2CCN([C@@H](C)C(=O)NC(=O)NC3CCCC3)CC2)cc1. The van der Waals surface area contributed by atoms with Crippen LogP contribution in [0.2, 0.25) is 0 Å². The number of rotatable bonds is 5. The molecule has 1 aliphatic heterocycles. The van der Waals surface area contributed by atoms with Gasteiger partial charge in [-0.1, -0.05) is 30.5 Å². The maximum Gasteiger partial charge on any atom is 0.321 e. The largest absolute Gasteiger partial charge is 0.335 e. The third kappa shape index (κ3) is 5.34. The molecule has 2 aliphatic rings. The van der Waals surface area contributed by atoms with Crippen molar-refractivity contribution in [3.05, 3.63) is 29.8 Å². The van der Waals surface area contributed by atoms with E-state index in [-0.39, 0.29) is 16.8 Å². The van der Waals surface area contributed by atoms with Crippen molar-refractivity contribution in [1.82, 2.24) is 19.8 Å². The fraction of sp³-hybridized carbons (Fsp3) is 0.600. The van der Waals surface area contributed by atoms with Gasteiger partial charge in [0.2, 0.25) is 15.9 Å². The molecule has 0 aromatic heterocycles. The van der Waals surface area contributed by atoms with Gasteiger partial charge in [-0.2, -0.15) is 4.31 Å². The summed E-state index contributed by atoms with van der Waals surface area (Å²) in [6.07, 6.45) is 4.11. The van der Waals surface area contributed by atoms with E-state index in [1.165, 1.54) is 4.31 Å². The summed E-state index contributed by atoms with van der Waals surface area (Å²) in [7, 11) is -3.54. The normalized spacial score (nSPS) is 20.3. The van der Waals surface area contributed by atoms with Crippen molar-refractivity contribution in [2.24, 2.45) is 0 Å². The predicted molar refractivity (Wildman–Crippen MR) is 110 cm³/mol. The average Bonchev–Trinajstić information content (AvgIpc) is 3.20. The van der Waals surface area contributed by atoms with E-state index in [2.05, 4.69) is 10.6 Å². The van der Waals surface area contributed by atoms with Crippen LogP contribution in [-0.4, -0.2) is 67.8 Å². The summed E-state index contributed by atoms with van der Waals surface area (Å²) in [6, 6.07) is 6.00. The molecule has 8 nitrogen and oxygen atoms in total. The quantitative estimate of drug-likeness (QED) is 0.749. The smallest absolute Gasteiger partial charge is 0.321 e. The van der Waals surface area contributed by atoms with Crippen LogP contribution < -0.4 is 10.6 Å². The lowest BCUT2D eigenvalue weighted by molar-refractivity contribution is -0.125. The number of carbonyl (C=O) groups excluding carboxylic acids is 2. The molecular weight excluding hydrogens is 392 g/mol. The van der Waals surface area contributed by atoms with Crippen LogP contribution in [0.25, 0.3) is 0 Å². The standard InChI is InChI=1S/C20H30N4O4S/c1-15-7-9-18(10-8-15)29(27,28)24-13-11-23(12-14-24)16(2)19(25)22-20(26)21-17-5-3-4-6-17/h7-10,16-17H,3-6,11-14H2,1-2H3,(H2,21,22,25,26)/t16-/m0/s1. The van der Waals surface area contributed by atoms with Gasteiger partial charge in [0.1, 0.15) is 0 Å². The Kier molecular flexibility index (Phi) is 6.92. The third-order valence-electron chi connectivity index (χ3n) is 5.79. The molecule has 1 aliphatic carbocycles. The Bertz CT molecular complexity index is 827. The van der Waals surface area contributed by atoms with Gasteiger partial charge in [-0.15, -0.1) is 0 Å². The first kappa shape index (κ1) is 21.7. The lowest BCUT2D eigenvalue weighted by atomic mass is 10.2. The fourth-order valence-corrected chi connectivity index (χ4v) is 5.29. The zero-order valence-corrected chi connectivity index (χ0v) is 17.9. The lowest BCUT2D eigenvalue weighted by Crippen LogP contribution is -2.56. The van der Waals surface area contributed by atoms with Crippen molar-refractivity contribution in [2.75, 3.05) is 26.2 Å². The number of sulfonamides is 1. The first-order valence-electron chi connectivity index (χ1n) is 10.2. The minimum absolute atomic E-state index is 0.147. The molecule has 1 saturated carbocycles. The van der Waals surface area contributed by atoms with Gasteiger partial charge in [0, 0.05) is 32.2 Å². The van der Waals surface area contributed by atoms with Crippen LogP contribution in [0.5, 0.6) is 0 Å². The highest BCUT2D eigenvalue weighted by atomic mass is 32.2. The van der Waals surface area contributed by atoms with Gasteiger partial charge in [-0.05, 0) is 38.8 Å². The Hall–Kier alpha value is -1.97. The second kappa shape index (κ2) is 9.23. The third-order valence-corrected chi connectivity index (χ3v) is 7.70. The summed E-state index contributed by atoms with van der Waals surface area (Å²) in [5.74, 6) is -0.365. The summed E-state index contributed by atoms with van der Waals surface area (Å²) in [4.78, 5) is 26.6. The van der Waals surface area contributed by atoms with Crippen molar-refractivity contribution >= 4 is 22.0 Å². The number of amides is 3. The molecule has 3 amide bonds. The molecule has 160 valence electrons. The molecule has 9 heteroatoms. The number of hydrogen-bond donors (Lipinski definition) is 2. The van der Waals surface area contributed by atoms with Crippen LogP contribution in [0.3, 0.4) is 0 Å². The summed E-state index contributed by atoms with van der Waals surface area (Å²) >= 11 is 0. The molecule has 0 spiro atoms. The van der Waals surface area contributed by atoms with Crippen molar-refractivity contribution in [1.29, 1.82) is 0 Å². The number of nitrogens with zero attached hydrogens (tertiary/aromatic N) is 2. The molecule has 1 heterocycles.